The molecule has 3 aromatic rings. The van der Waals surface area contributed by atoms with Crippen molar-refractivity contribution in [2.24, 2.45) is 0 Å². The highest BCUT2D eigenvalue weighted by atomic mass is 127. The molecule has 156 valence electrons. The van der Waals surface area contributed by atoms with Gasteiger partial charge in [0, 0.05) is 6.07 Å². The van der Waals surface area contributed by atoms with E-state index in [1.54, 1.807) is 17.2 Å². The van der Waals surface area contributed by atoms with Crippen LogP contribution >= 0.6 is 34.2 Å². The summed E-state index contributed by atoms with van der Waals surface area (Å²) in [5, 5.41) is 10.2. The Morgan fingerprint density at radius 3 is 2.60 bits per heavy atom. The molecule has 0 aliphatic carbocycles. The fourth-order valence-corrected chi connectivity index (χ4v) is 3.24. The van der Waals surface area contributed by atoms with Crippen LogP contribution in [0.5, 0.6) is 11.6 Å². The van der Waals surface area contributed by atoms with Crippen molar-refractivity contribution in [1.82, 2.24) is 20.2 Å². The lowest BCUT2D eigenvalue weighted by atomic mass is 10.1. The summed E-state index contributed by atoms with van der Waals surface area (Å²) in [6.07, 6.45) is 4.63. The van der Waals surface area contributed by atoms with Crippen LogP contribution in [0.15, 0.2) is 55.4 Å². The van der Waals surface area contributed by atoms with Crippen molar-refractivity contribution in [2.75, 3.05) is 18.2 Å². The minimum Gasteiger partial charge on any atom is -0.438 e. The van der Waals surface area contributed by atoms with Crippen LogP contribution in [0.3, 0.4) is 0 Å². The molecule has 0 aliphatic heterocycles. The summed E-state index contributed by atoms with van der Waals surface area (Å²) >= 11 is 8.57. The van der Waals surface area contributed by atoms with Gasteiger partial charge in [0.05, 0.1) is 18.8 Å². The third kappa shape index (κ3) is 6.10. The second-order valence-electron chi connectivity index (χ2n) is 6.19. The Balaban J connectivity index is 1.66. The van der Waals surface area contributed by atoms with Gasteiger partial charge in [-0.2, -0.15) is 0 Å². The predicted molar refractivity (Wildman–Crippen MR) is 125 cm³/mol. The number of hydrogen-bond donors (Lipinski definition) is 0. The highest BCUT2D eigenvalue weighted by Gasteiger charge is 2.16. The predicted octanol–water partition coefficient (Wildman–Crippen LogP) is 5.05. The third-order valence-electron chi connectivity index (χ3n) is 4.12. The summed E-state index contributed by atoms with van der Waals surface area (Å²) in [5.74, 6) is 1.71. The highest BCUT2D eigenvalue weighted by Crippen LogP contribution is 2.26. The van der Waals surface area contributed by atoms with Crippen LogP contribution in [0.4, 0.5) is 5.82 Å². The van der Waals surface area contributed by atoms with Gasteiger partial charge in [0.1, 0.15) is 20.8 Å². The molecule has 0 bridgehead atoms. The summed E-state index contributed by atoms with van der Waals surface area (Å²) in [6.45, 7) is 6.63. The number of aryl methyl sites for hydroxylation is 1. The molecule has 0 amide bonds. The van der Waals surface area contributed by atoms with Crippen molar-refractivity contribution in [3.8, 4) is 11.6 Å². The van der Waals surface area contributed by atoms with Crippen molar-refractivity contribution in [3.05, 3.63) is 75.4 Å². The lowest BCUT2D eigenvalue weighted by Gasteiger charge is -2.23. The van der Waals surface area contributed by atoms with Gasteiger partial charge in [0.2, 0.25) is 5.88 Å². The number of anilines is 1. The van der Waals surface area contributed by atoms with Crippen molar-refractivity contribution >= 4 is 40.0 Å². The molecular weight excluding hydrogens is 517 g/mol. The van der Waals surface area contributed by atoms with Gasteiger partial charge < -0.3 is 4.74 Å². The second-order valence-corrected chi connectivity index (χ2v) is 7.67. The first-order chi connectivity index (χ1) is 14.6. The molecule has 0 aliphatic rings. The average molecular weight is 538 g/mol. The third-order valence-corrected chi connectivity index (χ3v) is 5.08. The van der Waals surface area contributed by atoms with Crippen LogP contribution in [0, 0.1) is 3.70 Å². The van der Waals surface area contributed by atoms with Crippen molar-refractivity contribution < 1.29 is 9.57 Å². The number of benzene rings is 1. The van der Waals surface area contributed by atoms with Crippen LogP contribution in [-0.4, -0.2) is 33.3 Å². The smallest absolute Gasteiger partial charge is 0.238 e. The fraction of sp³-hybridized carbons (Fsp3) is 0.238. The van der Waals surface area contributed by atoms with Crippen LogP contribution in [0.25, 0.3) is 0 Å². The van der Waals surface area contributed by atoms with E-state index in [-0.39, 0.29) is 0 Å². The molecule has 9 heteroatoms. The minimum atomic E-state index is 0.353. The topological polar surface area (TPSA) is 73.3 Å². The fourth-order valence-electron chi connectivity index (χ4n) is 2.62. The summed E-state index contributed by atoms with van der Waals surface area (Å²) in [6, 6.07) is 11.4. The first-order valence-corrected chi connectivity index (χ1v) is 10.8. The Labute approximate surface area is 194 Å². The molecule has 0 fully saturated rings. The van der Waals surface area contributed by atoms with Crippen LogP contribution in [0.1, 0.15) is 18.2 Å². The molecule has 0 unspecified atom stereocenters. The molecule has 0 saturated heterocycles. The summed E-state index contributed by atoms with van der Waals surface area (Å²) in [7, 11) is 0. The van der Waals surface area contributed by atoms with Gasteiger partial charge in [-0.05, 0) is 59.2 Å². The van der Waals surface area contributed by atoms with E-state index in [2.05, 4.69) is 49.3 Å². The Kier molecular flexibility index (Phi) is 8.35. The van der Waals surface area contributed by atoms with Gasteiger partial charge in [-0.1, -0.05) is 36.7 Å². The van der Waals surface area contributed by atoms with E-state index in [9.17, 15) is 0 Å². The molecular formula is C21H21ClIN5O2. The second kappa shape index (κ2) is 11.2. The van der Waals surface area contributed by atoms with E-state index >= 15 is 0 Å². The Morgan fingerprint density at radius 2 is 1.93 bits per heavy atom. The standard InChI is InChI=1S/C21H21ClIN5O2/c1-3-13-29-28(21-20(22)17(4-2)24-14-25-21)12-11-15-5-7-16(8-6-15)30-19-10-9-18(23)26-27-19/h3,5-10,14H,1,4,11-13H2,2H3. The molecule has 3 rings (SSSR count). The van der Waals surface area contributed by atoms with Gasteiger partial charge in [-0.25, -0.2) is 15.0 Å². The molecule has 0 saturated carbocycles. The number of ether oxygens (including phenoxy) is 1. The summed E-state index contributed by atoms with van der Waals surface area (Å²) in [5.41, 5.74) is 1.90. The number of nitrogens with zero attached hydrogens (tertiary/aromatic N) is 5. The zero-order valence-electron chi connectivity index (χ0n) is 16.5. The zero-order valence-corrected chi connectivity index (χ0v) is 19.4. The minimum absolute atomic E-state index is 0.353. The summed E-state index contributed by atoms with van der Waals surface area (Å²) < 4.78 is 6.53. The van der Waals surface area contributed by atoms with Crippen LogP contribution in [0.2, 0.25) is 5.02 Å². The highest BCUT2D eigenvalue weighted by molar-refractivity contribution is 14.1. The first-order valence-electron chi connectivity index (χ1n) is 9.37. The monoisotopic (exact) mass is 537 g/mol. The van der Waals surface area contributed by atoms with Gasteiger partial charge in [0.15, 0.2) is 5.82 Å². The maximum Gasteiger partial charge on any atom is 0.238 e. The van der Waals surface area contributed by atoms with Crippen molar-refractivity contribution in [3.63, 3.8) is 0 Å². The first kappa shape index (κ1) is 22.4. The van der Waals surface area contributed by atoms with E-state index in [0.29, 0.717) is 35.6 Å². The van der Waals surface area contributed by atoms with Crippen molar-refractivity contribution in [1.29, 1.82) is 0 Å². The molecule has 0 spiro atoms. The van der Waals surface area contributed by atoms with E-state index in [1.807, 2.05) is 37.3 Å². The molecule has 0 N–H and O–H groups in total. The van der Waals surface area contributed by atoms with Gasteiger partial charge in [0.25, 0.3) is 0 Å². The Morgan fingerprint density at radius 1 is 1.13 bits per heavy atom. The van der Waals surface area contributed by atoms with Gasteiger partial charge >= 0.3 is 0 Å². The Hall–Kier alpha value is -2.30. The number of hydroxylamine groups is 1. The molecule has 2 aromatic heterocycles. The van der Waals surface area contributed by atoms with E-state index in [1.165, 1.54) is 6.33 Å². The summed E-state index contributed by atoms with van der Waals surface area (Å²) in [4.78, 5) is 14.3. The van der Waals surface area contributed by atoms with E-state index in [4.69, 9.17) is 21.2 Å². The van der Waals surface area contributed by atoms with E-state index in [0.717, 1.165) is 27.8 Å². The average Bonchev–Trinajstić information content (AvgIpc) is 2.77. The lowest BCUT2D eigenvalue weighted by Crippen LogP contribution is -2.28. The van der Waals surface area contributed by atoms with E-state index < -0.39 is 0 Å². The zero-order chi connectivity index (χ0) is 21.3. The van der Waals surface area contributed by atoms with Crippen LogP contribution in [-0.2, 0) is 17.7 Å². The Bertz CT molecular complexity index is 970. The maximum atomic E-state index is 6.47. The number of aromatic nitrogens is 4. The SMILES string of the molecule is C=CCON(CCc1ccc(Oc2ccc(I)nn2)cc1)c1ncnc(CC)c1Cl. The molecule has 7 nitrogen and oxygen atoms in total. The maximum absolute atomic E-state index is 6.47. The molecule has 30 heavy (non-hydrogen) atoms. The molecule has 2 heterocycles. The molecule has 0 radical (unpaired) electrons. The molecule has 1 aromatic carbocycles. The number of rotatable bonds is 10. The lowest BCUT2D eigenvalue weighted by molar-refractivity contribution is 0.132. The van der Waals surface area contributed by atoms with Crippen LogP contribution < -0.4 is 9.80 Å². The largest absolute Gasteiger partial charge is 0.438 e. The quantitative estimate of drug-likeness (QED) is 0.204. The molecule has 0 atom stereocenters. The van der Waals surface area contributed by atoms with Gasteiger partial charge in [-0.3, -0.25) is 4.84 Å². The van der Waals surface area contributed by atoms with Gasteiger partial charge in [-0.15, -0.1) is 16.8 Å². The normalized spacial score (nSPS) is 10.6. The number of halogens is 2. The van der Waals surface area contributed by atoms with Crippen molar-refractivity contribution in [2.45, 2.75) is 19.8 Å². The number of hydrogen-bond acceptors (Lipinski definition) is 7.